The summed E-state index contributed by atoms with van der Waals surface area (Å²) in [6, 6.07) is 12.7. The van der Waals surface area contributed by atoms with Crippen molar-refractivity contribution < 1.29 is 9.13 Å². The Balaban J connectivity index is 2.45. The summed E-state index contributed by atoms with van der Waals surface area (Å²) in [5.74, 6) is 0.639. The zero-order chi connectivity index (χ0) is 14.5. The van der Waals surface area contributed by atoms with Gasteiger partial charge in [-0.15, -0.1) is 0 Å². The summed E-state index contributed by atoms with van der Waals surface area (Å²) in [4.78, 5) is 0. The van der Waals surface area contributed by atoms with Crippen LogP contribution in [0.25, 0.3) is 0 Å². The predicted molar refractivity (Wildman–Crippen MR) is 79.7 cm³/mol. The molecule has 0 heterocycles. The Labute approximate surface area is 119 Å². The molecule has 0 radical (unpaired) electrons. The summed E-state index contributed by atoms with van der Waals surface area (Å²) in [6.45, 7) is 4.64. The van der Waals surface area contributed by atoms with E-state index in [-0.39, 0.29) is 11.9 Å². The summed E-state index contributed by atoms with van der Waals surface area (Å²) < 4.78 is 18.8. The van der Waals surface area contributed by atoms with E-state index in [1.807, 2.05) is 26.1 Å². The standard InChI is InChI=1S/C17H20FNO/c1-4-20-16-10-5-12(2)11-15(16)17(19-3)13-6-8-14(18)9-7-13/h5-11,17,19H,4H2,1-3H3. The van der Waals surface area contributed by atoms with Crippen molar-refractivity contribution in [3.05, 3.63) is 65.0 Å². The van der Waals surface area contributed by atoms with Crippen LogP contribution in [0.3, 0.4) is 0 Å². The van der Waals surface area contributed by atoms with Crippen LogP contribution in [0, 0.1) is 12.7 Å². The van der Waals surface area contributed by atoms with Crippen LogP contribution in [0.2, 0.25) is 0 Å². The molecule has 2 nitrogen and oxygen atoms in total. The molecule has 0 amide bonds. The second-order valence-electron chi connectivity index (χ2n) is 4.75. The van der Waals surface area contributed by atoms with E-state index in [1.54, 1.807) is 12.1 Å². The average Bonchev–Trinajstić information content (AvgIpc) is 2.45. The second kappa shape index (κ2) is 6.53. The predicted octanol–water partition coefficient (Wildman–Crippen LogP) is 3.84. The van der Waals surface area contributed by atoms with Crippen molar-refractivity contribution in [3.8, 4) is 5.75 Å². The minimum absolute atomic E-state index is 0.0166. The molecule has 2 aromatic rings. The third kappa shape index (κ3) is 3.17. The number of rotatable bonds is 5. The van der Waals surface area contributed by atoms with Gasteiger partial charge in [-0.1, -0.05) is 29.8 Å². The van der Waals surface area contributed by atoms with Gasteiger partial charge in [0.2, 0.25) is 0 Å². The van der Waals surface area contributed by atoms with Gasteiger partial charge in [-0.05, 0) is 44.7 Å². The lowest BCUT2D eigenvalue weighted by Crippen LogP contribution is -2.19. The van der Waals surface area contributed by atoms with E-state index in [0.717, 1.165) is 16.9 Å². The maximum Gasteiger partial charge on any atom is 0.124 e. The van der Waals surface area contributed by atoms with Gasteiger partial charge in [0.05, 0.1) is 12.6 Å². The highest BCUT2D eigenvalue weighted by Gasteiger charge is 2.17. The summed E-state index contributed by atoms with van der Waals surface area (Å²) in [7, 11) is 1.89. The lowest BCUT2D eigenvalue weighted by atomic mass is 9.96. The Bertz CT molecular complexity index is 566. The monoisotopic (exact) mass is 273 g/mol. The van der Waals surface area contributed by atoms with Crippen molar-refractivity contribution in [3.63, 3.8) is 0 Å². The summed E-state index contributed by atoms with van der Waals surface area (Å²) in [5, 5.41) is 3.28. The topological polar surface area (TPSA) is 21.3 Å². The van der Waals surface area contributed by atoms with E-state index in [4.69, 9.17) is 4.74 Å². The Morgan fingerprint density at radius 2 is 1.85 bits per heavy atom. The largest absolute Gasteiger partial charge is 0.494 e. The van der Waals surface area contributed by atoms with Crippen LogP contribution in [0.5, 0.6) is 5.75 Å². The molecule has 0 bridgehead atoms. The number of hydrogen-bond donors (Lipinski definition) is 1. The Kier molecular flexibility index (Phi) is 4.74. The average molecular weight is 273 g/mol. The lowest BCUT2D eigenvalue weighted by molar-refractivity contribution is 0.334. The van der Waals surface area contributed by atoms with Gasteiger partial charge in [0.25, 0.3) is 0 Å². The highest BCUT2D eigenvalue weighted by Crippen LogP contribution is 2.31. The van der Waals surface area contributed by atoms with Gasteiger partial charge in [-0.2, -0.15) is 0 Å². The van der Waals surface area contributed by atoms with Crippen LogP contribution in [-0.2, 0) is 0 Å². The lowest BCUT2D eigenvalue weighted by Gasteiger charge is -2.21. The van der Waals surface area contributed by atoms with Crippen LogP contribution in [-0.4, -0.2) is 13.7 Å². The number of nitrogens with one attached hydrogen (secondary N) is 1. The minimum atomic E-state index is -0.224. The van der Waals surface area contributed by atoms with Crippen molar-refractivity contribution in [2.24, 2.45) is 0 Å². The Hall–Kier alpha value is -1.87. The van der Waals surface area contributed by atoms with E-state index in [1.165, 1.54) is 17.7 Å². The first-order chi connectivity index (χ1) is 9.65. The molecule has 0 aliphatic rings. The third-order valence-corrected chi connectivity index (χ3v) is 3.27. The van der Waals surface area contributed by atoms with Crippen LogP contribution < -0.4 is 10.1 Å². The molecule has 3 heteroatoms. The van der Waals surface area contributed by atoms with E-state index >= 15 is 0 Å². The maximum atomic E-state index is 13.1. The molecule has 0 saturated heterocycles. The Morgan fingerprint density at radius 1 is 1.15 bits per heavy atom. The molecule has 0 aromatic heterocycles. The maximum absolute atomic E-state index is 13.1. The molecule has 0 spiro atoms. The van der Waals surface area contributed by atoms with Gasteiger partial charge in [0.1, 0.15) is 11.6 Å². The van der Waals surface area contributed by atoms with E-state index in [2.05, 4.69) is 18.3 Å². The molecule has 2 aromatic carbocycles. The van der Waals surface area contributed by atoms with Gasteiger partial charge in [-0.3, -0.25) is 0 Å². The number of hydrogen-bond acceptors (Lipinski definition) is 2. The quantitative estimate of drug-likeness (QED) is 0.893. The fourth-order valence-electron chi connectivity index (χ4n) is 2.34. The molecule has 106 valence electrons. The van der Waals surface area contributed by atoms with E-state index in [9.17, 15) is 4.39 Å². The molecule has 1 atom stereocenters. The molecule has 2 rings (SSSR count). The highest BCUT2D eigenvalue weighted by molar-refractivity contribution is 5.43. The van der Waals surface area contributed by atoms with E-state index in [0.29, 0.717) is 6.61 Å². The SMILES string of the molecule is CCOc1ccc(C)cc1C(NC)c1ccc(F)cc1. The first-order valence-electron chi connectivity index (χ1n) is 6.81. The van der Waals surface area contributed by atoms with Crippen molar-refractivity contribution in [2.45, 2.75) is 19.9 Å². The third-order valence-electron chi connectivity index (χ3n) is 3.27. The molecule has 0 saturated carbocycles. The summed E-state index contributed by atoms with van der Waals surface area (Å²) >= 11 is 0. The fraction of sp³-hybridized carbons (Fsp3) is 0.294. The molecular weight excluding hydrogens is 253 g/mol. The second-order valence-corrected chi connectivity index (χ2v) is 4.75. The fourth-order valence-corrected chi connectivity index (χ4v) is 2.34. The van der Waals surface area contributed by atoms with Gasteiger partial charge in [0, 0.05) is 5.56 Å². The first kappa shape index (κ1) is 14.5. The number of halogens is 1. The van der Waals surface area contributed by atoms with Crippen molar-refractivity contribution in [1.29, 1.82) is 0 Å². The van der Waals surface area contributed by atoms with Crippen LogP contribution in [0.4, 0.5) is 4.39 Å². The van der Waals surface area contributed by atoms with Crippen LogP contribution >= 0.6 is 0 Å². The van der Waals surface area contributed by atoms with Crippen molar-refractivity contribution >= 4 is 0 Å². The van der Waals surface area contributed by atoms with Gasteiger partial charge < -0.3 is 10.1 Å². The number of benzene rings is 2. The first-order valence-corrected chi connectivity index (χ1v) is 6.81. The molecule has 0 fully saturated rings. The molecule has 1 unspecified atom stereocenters. The number of ether oxygens (including phenoxy) is 1. The van der Waals surface area contributed by atoms with Crippen LogP contribution in [0.15, 0.2) is 42.5 Å². The molecule has 0 aliphatic carbocycles. The van der Waals surface area contributed by atoms with Gasteiger partial charge in [0.15, 0.2) is 0 Å². The highest BCUT2D eigenvalue weighted by atomic mass is 19.1. The smallest absolute Gasteiger partial charge is 0.124 e. The number of aryl methyl sites for hydroxylation is 1. The zero-order valence-electron chi connectivity index (χ0n) is 12.1. The Morgan fingerprint density at radius 3 is 2.45 bits per heavy atom. The minimum Gasteiger partial charge on any atom is -0.494 e. The normalized spacial score (nSPS) is 12.2. The van der Waals surface area contributed by atoms with Gasteiger partial charge in [-0.25, -0.2) is 4.39 Å². The summed E-state index contributed by atoms with van der Waals surface area (Å²) in [5.41, 5.74) is 3.26. The van der Waals surface area contributed by atoms with Crippen molar-refractivity contribution in [1.82, 2.24) is 5.32 Å². The van der Waals surface area contributed by atoms with Crippen molar-refractivity contribution in [2.75, 3.05) is 13.7 Å². The summed E-state index contributed by atoms with van der Waals surface area (Å²) in [6.07, 6.45) is 0. The molecule has 0 aliphatic heterocycles. The molecular formula is C17H20FNO. The molecule has 20 heavy (non-hydrogen) atoms. The van der Waals surface area contributed by atoms with Gasteiger partial charge >= 0.3 is 0 Å². The molecule has 1 N–H and O–H groups in total. The zero-order valence-corrected chi connectivity index (χ0v) is 12.1. The van der Waals surface area contributed by atoms with Crippen LogP contribution in [0.1, 0.15) is 29.7 Å². The van der Waals surface area contributed by atoms with E-state index < -0.39 is 0 Å².